The average molecular weight is 447 g/mol. The van der Waals surface area contributed by atoms with Crippen LogP contribution in [-0.2, 0) is 6.54 Å². The highest BCUT2D eigenvalue weighted by Crippen LogP contribution is 2.38. The van der Waals surface area contributed by atoms with Gasteiger partial charge in [-0.05, 0) is 57.5 Å². The summed E-state index contributed by atoms with van der Waals surface area (Å²) in [6, 6.07) is 12.3. The van der Waals surface area contributed by atoms with Crippen LogP contribution in [0.1, 0.15) is 48.1 Å². The van der Waals surface area contributed by atoms with Crippen molar-refractivity contribution in [3.8, 4) is 23.0 Å². The Bertz CT molecular complexity index is 1240. The van der Waals surface area contributed by atoms with E-state index < -0.39 is 0 Å². The Morgan fingerprint density at radius 1 is 1.06 bits per heavy atom. The summed E-state index contributed by atoms with van der Waals surface area (Å²) in [6.07, 6.45) is 3.45. The topological polar surface area (TPSA) is 76.4 Å². The molecule has 0 aliphatic carbocycles. The molecule has 2 aromatic carbocycles. The Balaban J connectivity index is 1.44. The molecule has 33 heavy (non-hydrogen) atoms. The zero-order chi connectivity index (χ0) is 22.9. The number of aromatic nitrogens is 3. The number of imidazole rings is 1. The first kappa shape index (κ1) is 21.5. The molecular weight excluding hydrogens is 416 g/mol. The van der Waals surface area contributed by atoms with Crippen molar-refractivity contribution in [2.24, 2.45) is 0 Å². The van der Waals surface area contributed by atoms with Gasteiger partial charge in [-0.1, -0.05) is 18.6 Å². The van der Waals surface area contributed by atoms with Crippen LogP contribution in [-0.4, -0.2) is 40.6 Å². The average Bonchev–Trinajstić information content (AvgIpc) is 3.42. The van der Waals surface area contributed by atoms with Gasteiger partial charge in [0, 0.05) is 12.1 Å². The molecule has 4 aromatic rings. The van der Waals surface area contributed by atoms with Gasteiger partial charge in [0.15, 0.2) is 0 Å². The van der Waals surface area contributed by atoms with Gasteiger partial charge in [0.2, 0.25) is 5.89 Å². The van der Waals surface area contributed by atoms with E-state index in [9.17, 15) is 0 Å². The summed E-state index contributed by atoms with van der Waals surface area (Å²) in [6.45, 7) is 5.68. The lowest BCUT2D eigenvalue weighted by Gasteiger charge is -2.34. The van der Waals surface area contributed by atoms with E-state index in [1.54, 1.807) is 14.2 Å². The number of para-hydroxylation sites is 2. The molecule has 1 N–H and O–H groups in total. The van der Waals surface area contributed by atoms with Crippen LogP contribution in [0.4, 0.5) is 0 Å². The normalized spacial score (nSPS) is 16.9. The minimum Gasteiger partial charge on any atom is -0.496 e. The Labute approximate surface area is 193 Å². The number of rotatable bonds is 6. The summed E-state index contributed by atoms with van der Waals surface area (Å²) in [7, 11) is 3.32. The molecule has 7 nitrogen and oxygen atoms in total. The highest BCUT2D eigenvalue weighted by molar-refractivity contribution is 5.74. The zero-order valence-electron chi connectivity index (χ0n) is 19.6. The SMILES string of the molecule is COc1ccc(-c2nc(CN3CCCC[C@H]3c3nc4ccccc4[nH]3)c(C)o2)c(OC)c1C. The number of nitrogens with one attached hydrogen (secondary N) is 1. The third-order valence-electron chi connectivity index (χ3n) is 6.59. The van der Waals surface area contributed by atoms with Crippen LogP contribution in [0.3, 0.4) is 0 Å². The summed E-state index contributed by atoms with van der Waals surface area (Å²) in [4.78, 5) is 15.8. The standard InChI is InChI=1S/C26H30N4O3/c1-16-23(31-3)13-12-18(24(16)32-4)26-29-21(17(2)33-26)15-30-14-8-7-11-22(30)25-27-19-9-5-6-10-20(19)28-25/h5-6,9-10,12-13,22H,7-8,11,14-15H2,1-4H3,(H,27,28)/t22-/m0/s1. The van der Waals surface area contributed by atoms with Crippen LogP contribution in [0, 0.1) is 13.8 Å². The maximum Gasteiger partial charge on any atom is 0.230 e. The van der Waals surface area contributed by atoms with Gasteiger partial charge in [-0.15, -0.1) is 0 Å². The van der Waals surface area contributed by atoms with Gasteiger partial charge in [-0.25, -0.2) is 9.97 Å². The fourth-order valence-electron chi connectivity index (χ4n) is 4.83. The summed E-state index contributed by atoms with van der Waals surface area (Å²) in [5, 5.41) is 0. The fraction of sp³-hybridized carbons (Fsp3) is 0.385. The highest BCUT2D eigenvalue weighted by atomic mass is 16.5. The first-order valence-corrected chi connectivity index (χ1v) is 11.5. The minimum absolute atomic E-state index is 0.239. The van der Waals surface area contributed by atoms with Gasteiger partial charge < -0.3 is 18.9 Å². The summed E-state index contributed by atoms with van der Waals surface area (Å²) in [5.74, 6) is 3.93. The van der Waals surface area contributed by atoms with Crippen molar-refractivity contribution in [2.75, 3.05) is 20.8 Å². The van der Waals surface area contributed by atoms with Gasteiger partial charge in [-0.3, -0.25) is 4.90 Å². The fourth-order valence-corrected chi connectivity index (χ4v) is 4.83. The molecule has 0 spiro atoms. The van der Waals surface area contributed by atoms with Crippen LogP contribution in [0.2, 0.25) is 0 Å². The first-order valence-electron chi connectivity index (χ1n) is 11.5. The quantitative estimate of drug-likeness (QED) is 0.417. The van der Waals surface area contributed by atoms with Gasteiger partial charge in [0.05, 0.1) is 42.6 Å². The van der Waals surface area contributed by atoms with Gasteiger partial charge in [0.25, 0.3) is 0 Å². The zero-order valence-corrected chi connectivity index (χ0v) is 19.6. The van der Waals surface area contributed by atoms with Crippen molar-refractivity contribution >= 4 is 11.0 Å². The Morgan fingerprint density at radius 3 is 2.70 bits per heavy atom. The molecule has 0 bridgehead atoms. The number of likely N-dealkylation sites (tertiary alicyclic amines) is 1. The molecule has 5 rings (SSSR count). The number of hydrogen-bond donors (Lipinski definition) is 1. The lowest BCUT2D eigenvalue weighted by molar-refractivity contribution is 0.132. The van der Waals surface area contributed by atoms with Crippen LogP contribution in [0.15, 0.2) is 40.8 Å². The molecule has 0 saturated carbocycles. The van der Waals surface area contributed by atoms with Crippen molar-refractivity contribution in [1.29, 1.82) is 0 Å². The maximum absolute atomic E-state index is 6.12. The second-order valence-corrected chi connectivity index (χ2v) is 8.62. The molecular formula is C26H30N4O3. The number of aryl methyl sites for hydroxylation is 1. The molecule has 7 heteroatoms. The number of piperidine rings is 1. The van der Waals surface area contributed by atoms with E-state index in [2.05, 4.69) is 22.0 Å². The molecule has 1 fully saturated rings. The number of aromatic amines is 1. The largest absolute Gasteiger partial charge is 0.496 e. The number of oxazole rings is 1. The summed E-state index contributed by atoms with van der Waals surface area (Å²) in [5.41, 5.74) is 4.80. The molecule has 1 saturated heterocycles. The second-order valence-electron chi connectivity index (χ2n) is 8.62. The maximum atomic E-state index is 6.12. The van der Waals surface area contributed by atoms with E-state index in [0.717, 1.165) is 63.9 Å². The van der Waals surface area contributed by atoms with Crippen LogP contribution in [0.5, 0.6) is 11.5 Å². The third kappa shape index (κ3) is 3.97. The molecule has 0 radical (unpaired) electrons. The smallest absolute Gasteiger partial charge is 0.230 e. The molecule has 1 atom stereocenters. The van der Waals surface area contributed by atoms with Crippen molar-refractivity contribution in [3.05, 3.63) is 59.2 Å². The van der Waals surface area contributed by atoms with E-state index in [0.29, 0.717) is 12.4 Å². The van der Waals surface area contributed by atoms with Gasteiger partial charge in [-0.2, -0.15) is 0 Å². The van der Waals surface area contributed by atoms with Crippen LogP contribution in [0.25, 0.3) is 22.5 Å². The summed E-state index contributed by atoms with van der Waals surface area (Å²) >= 11 is 0. The van der Waals surface area contributed by atoms with E-state index in [1.807, 2.05) is 38.1 Å². The number of ether oxygens (including phenoxy) is 2. The monoisotopic (exact) mass is 446 g/mol. The third-order valence-corrected chi connectivity index (χ3v) is 6.59. The van der Waals surface area contributed by atoms with E-state index in [4.69, 9.17) is 23.9 Å². The van der Waals surface area contributed by atoms with Crippen molar-refractivity contribution in [1.82, 2.24) is 19.9 Å². The Morgan fingerprint density at radius 2 is 1.91 bits per heavy atom. The molecule has 2 aromatic heterocycles. The number of benzene rings is 2. The van der Waals surface area contributed by atoms with Gasteiger partial charge >= 0.3 is 0 Å². The molecule has 172 valence electrons. The number of hydrogen-bond acceptors (Lipinski definition) is 6. The first-order chi connectivity index (χ1) is 16.1. The second kappa shape index (κ2) is 8.90. The lowest BCUT2D eigenvalue weighted by atomic mass is 10.0. The Hall–Kier alpha value is -3.32. The molecule has 1 aliphatic heterocycles. The molecule has 0 unspecified atom stereocenters. The van der Waals surface area contributed by atoms with Crippen molar-refractivity contribution in [3.63, 3.8) is 0 Å². The lowest BCUT2D eigenvalue weighted by Crippen LogP contribution is -2.33. The van der Waals surface area contributed by atoms with E-state index in [1.165, 1.54) is 12.8 Å². The van der Waals surface area contributed by atoms with E-state index in [-0.39, 0.29) is 6.04 Å². The highest BCUT2D eigenvalue weighted by Gasteiger charge is 2.28. The predicted octanol–water partition coefficient (Wildman–Crippen LogP) is 5.58. The predicted molar refractivity (Wildman–Crippen MR) is 128 cm³/mol. The number of H-pyrrole nitrogens is 1. The molecule has 1 aliphatic rings. The molecule has 0 amide bonds. The Kier molecular flexibility index (Phi) is 5.81. The summed E-state index contributed by atoms with van der Waals surface area (Å²) < 4.78 is 17.2. The number of fused-ring (bicyclic) bond motifs is 1. The number of methoxy groups -OCH3 is 2. The van der Waals surface area contributed by atoms with Crippen LogP contribution >= 0.6 is 0 Å². The van der Waals surface area contributed by atoms with Crippen molar-refractivity contribution in [2.45, 2.75) is 45.7 Å². The molecule has 3 heterocycles. The van der Waals surface area contributed by atoms with Crippen LogP contribution < -0.4 is 9.47 Å². The minimum atomic E-state index is 0.239. The van der Waals surface area contributed by atoms with Crippen molar-refractivity contribution < 1.29 is 13.9 Å². The van der Waals surface area contributed by atoms with Gasteiger partial charge in [0.1, 0.15) is 23.1 Å². The van der Waals surface area contributed by atoms with E-state index >= 15 is 0 Å². The number of nitrogens with zero attached hydrogens (tertiary/aromatic N) is 3.